The summed E-state index contributed by atoms with van der Waals surface area (Å²) in [6.07, 6.45) is 5.88. The lowest BCUT2D eigenvalue weighted by atomic mass is 9.90. The summed E-state index contributed by atoms with van der Waals surface area (Å²) in [5, 5.41) is 9.15. The molecule has 3 heteroatoms. The number of benzene rings is 2. The Labute approximate surface area is 168 Å². The predicted octanol–water partition coefficient (Wildman–Crippen LogP) is 5.43. The van der Waals surface area contributed by atoms with Crippen molar-refractivity contribution < 1.29 is 14.6 Å². The van der Waals surface area contributed by atoms with E-state index in [1.807, 2.05) is 0 Å². The Morgan fingerprint density at radius 3 is 2.64 bits per heavy atom. The zero-order chi connectivity index (χ0) is 19.6. The molecule has 28 heavy (non-hydrogen) atoms. The van der Waals surface area contributed by atoms with Crippen molar-refractivity contribution in [1.29, 1.82) is 0 Å². The average molecular weight is 381 g/mol. The van der Waals surface area contributed by atoms with E-state index in [2.05, 4.69) is 56.3 Å². The fraction of sp³-hybridized carbons (Fsp3) is 0.520. The van der Waals surface area contributed by atoms with Gasteiger partial charge in [0.05, 0.1) is 12.7 Å². The second kappa shape index (κ2) is 8.36. The lowest BCUT2D eigenvalue weighted by Gasteiger charge is -2.38. The topological polar surface area (TPSA) is 38.7 Å². The average Bonchev–Trinajstić information content (AvgIpc) is 3.04. The molecule has 1 unspecified atom stereocenters. The van der Waals surface area contributed by atoms with Crippen molar-refractivity contribution in [2.45, 2.75) is 76.8 Å². The Kier molecular flexibility index (Phi) is 5.86. The van der Waals surface area contributed by atoms with E-state index in [4.69, 9.17) is 14.6 Å². The van der Waals surface area contributed by atoms with Gasteiger partial charge in [0.15, 0.2) is 5.79 Å². The fourth-order valence-electron chi connectivity index (χ4n) is 4.52. The Hall–Kier alpha value is -1.68. The smallest absolute Gasteiger partial charge is 0.195 e. The van der Waals surface area contributed by atoms with Gasteiger partial charge in [-0.3, -0.25) is 0 Å². The molecule has 0 amide bonds. The maximum absolute atomic E-state index is 9.15. The molecule has 3 nitrogen and oxygen atoms in total. The first-order valence-electron chi connectivity index (χ1n) is 10.7. The van der Waals surface area contributed by atoms with E-state index in [1.54, 1.807) is 0 Å². The molecule has 0 bridgehead atoms. The highest BCUT2D eigenvalue weighted by Gasteiger charge is 2.45. The summed E-state index contributed by atoms with van der Waals surface area (Å²) in [7, 11) is 0. The molecular weight excluding hydrogens is 348 g/mol. The standard InChI is InChI=1S/C25H32O3/c1-18(2)21-10-7-19(8-11-21)15-20-9-12-22-17-27-25(24(22)16-20)13-3-5-23(28-25)6-4-14-26/h7-12,16,18,23,26H,3-6,13-15,17H2,1-2H3/t23?,25-/m1/s1. The highest BCUT2D eigenvalue weighted by Crippen LogP contribution is 2.46. The van der Waals surface area contributed by atoms with Gasteiger partial charge in [0.25, 0.3) is 0 Å². The third-order valence-corrected chi connectivity index (χ3v) is 6.17. The first kappa shape index (κ1) is 19.6. The molecule has 4 rings (SSSR count). The summed E-state index contributed by atoms with van der Waals surface area (Å²) in [6.45, 7) is 5.31. The van der Waals surface area contributed by atoms with E-state index in [-0.39, 0.29) is 12.7 Å². The van der Waals surface area contributed by atoms with Crippen LogP contribution >= 0.6 is 0 Å². The molecule has 150 valence electrons. The zero-order valence-corrected chi connectivity index (χ0v) is 17.1. The van der Waals surface area contributed by atoms with E-state index in [1.165, 1.54) is 27.8 Å². The number of hydrogen-bond donors (Lipinski definition) is 1. The minimum Gasteiger partial charge on any atom is -0.396 e. The van der Waals surface area contributed by atoms with E-state index in [0.717, 1.165) is 38.5 Å². The minimum atomic E-state index is -0.578. The number of fused-ring (bicyclic) bond motifs is 2. The van der Waals surface area contributed by atoms with Crippen molar-refractivity contribution in [3.05, 3.63) is 70.3 Å². The van der Waals surface area contributed by atoms with Crippen molar-refractivity contribution in [2.24, 2.45) is 0 Å². The quantitative estimate of drug-likeness (QED) is 0.727. The zero-order valence-electron chi connectivity index (χ0n) is 17.1. The van der Waals surface area contributed by atoms with Gasteiger partial charge < -0.3 is 14.6 Å². The molecule has 1 fully saturated rings. The van der Waals surface area contributed by atoms with Crippen LogP contribution in [0.3, 0.4) is 0 Å². The van der Waals surface area contributed by atoms with Gasteiger partial charge in [-0.05, 0) is 66.3 Å². The van der Waals surface area contributed by atoms with Gasteiger partial charge in [-0.15, -0.1) is 0 Å². The number of hydrogen-bond acceptors (Lipinski definition) is 3. The van der Waals surface area contributed by atoms with Gasteiger partial charge >= 0.3 is 0 Å². The summed E-state index contributed by atoms with van der Waals surface area (Å²) >= 11 is 0. The van der Waals surface area contributed by atoms with Crippen LogP contribution in [-0.4, -0.2) is 17.8 Å². The number of aliphatic hydroxyl groups excluding tert-OH is 1. The molecule has 0 saturated carbocycles. The van der Waals surface area contributed by atoms with Crippen LogP contribution in [-0.2, 0) is 28.3 Å². The number of ether oxygens (including phenoxy) is 2. The molecule has 0 aliphatic carbocycles. The number of aliphatic hydroxyl groups is 1. The van der Waals surface area contributed by atoms with Gasteiger partial charge in [-0.2, -0.15) is 0 Å². The summed E-state index contributed by atoms with van der Waals surface area (Å²) in [4.78, 5) is 0. The van der Waals surface area contributed by atoms with Crippen LogP contribution < -0.4 is 0 Å². The Morgan fingerprint density at radius 1 is 1.11 bits per heavy atom. The van der Waals surface area contributed by atoms with E-state index in [0.29, 0.717) is 12.5 Å². The van der Waals surface area contributed by atoms with Crippen LogP contribution in [0.25, 0.3) is 0 Å². The maximum atomic E-state index is 9.15. The molecule has 1 saturated heterocycles. The van der Waals surface area contributed by atoms with Gasteiger partial charge in [0, 0.05) is 18.6 Å². The normalized spacial score (nSPS) is 24.1. The third kappa shape index (κ3) is 4.03. The number of rotatable bonds is 6. The van der Waals surface area contributed by atoms with Crippen LogP contribution in [0.2, 0.25) is 0 Å². The van der Waals surface area contributed by atoms with Crippen LogP contribution in [0, 0.1) is 0 Å². The summed E-state index contributed by atoms with van der Waals surface area (Å²) in [5.41, 5.74) is 6.50. The fourth-order valence-corrected chi connectivity index (χ4v) is 4.52. The molecular formula is C25H32O3. The molecule has 2 aliphatic heterocycles. The molecule has 1 spiro atoms. The van der Waals surface area contributed by atoms with Crippen molar-refractivity contribution in [3.63, 3.8) is 0 Å². The SMILES string of the molecule is CC(C)c1ccc(Cc2ccc3c(c2)[C@]2(CCCC(CCCO)O2)OC3)cc1. The van der Waals surface area contributed by atoms with Crippen LogP contribution in [0.1, 0.15) is 79.7 Å². The highest BCUT2D eigenvalue weighted by atomic mass is 16.7. The Balaban J connectivity index is 1.53. The lowest BCUT2D eigenvalue weighted by Crippen LogP contribution is -2.38. The molecule has 2 atom stereocenters. The molecule has 2 aromatic rings. The second-order valence-electron chi connectivity index (χ2n) is 8.60. The third-order valence-electron chi connectivity index (χ3n) is 6.17. The van der Waals surface area contributed by atoms with Gasteiger partial charge in [0.2, 0.25) is 0 Å². The summed E-state index contributed by atoms with van der Waals surface area (Å²) < 4.78 is 12.7. The monoisotopic (exact) mass is 380 g/mol. The molecule has 2 heterocycles. The van der Waals surface area contributed by atoms with Gasteiger partial charge in [0.1, 0.15) is 0 Å². The van der Waals surface area contributed by atoms with Crippen LogP contribution in [0.5, 0.6) is 0 Å². The van der Waals surface area contributed by atoms with Crippen molar-refractivity contribution in [1.82, 2.24) is 0 Å². The second-order valence-corrected chi connectivity index (χ2v) is 8.60. The van der Waals surface area contributed by atoms with Gasteiger partial charge in [-0.25, -0.2) is 0 Å². The van der Waals surface area contributed by atoms with Crippen molar-refractivity contribution in [3.8, 4) is 0 Å². The van der Waals surface area contributed by atoms with E-state index in [9.17, 15) is 0 Å². The predicted molar refractivity (Wildman–Crippen MR) is 111 cm³/mol. The lowest BCUT2D eigenvalue weighted by molar-refractivity contribution is -0.284. The first-order chi connectivity index (χ1) is 13.6. The summed E-state index contributed by atoms with van der Waals surface area (Å²) in [5.74, 6) is -0.0149. The molecule has 0 radical (unpaired) electrons. The molecule has 0 aromatic heterocycles. The van der Waals surface area contributed by atoms with Crippen molar-refractivity contribution >= 4 is 0 Å². The van der Waals surface area contributed by atoms with Gasteiger partial charge in [-0.1, -0.05) is 50.2 Å². The largest absolute Gasteiger partial charge is 0.396 e. The summed E-state index contributed by atoms with van der Waals surface area (Å²) in [6, 6.07) is 15.7. The first-order valence-corrected chi connectivity index (χ1v) is 10.7. The Morgan fingerprint density at radius 2 is 1.89 bits per heavy atom. The molecule has 2 aliphatic rings. The minimum absolute atomic E-state index is 0.180. The van der Waals surface area contributed by atoms with Crippen LogP contribution in [0.4, 0.5) is 0 Å². The van der Waals surface area contributed by atoms with E-state index >= 15 is 0 Å². The van der Waals surface area contributed by atoms with E-state index < -0.39 is 5.79 Å². The highest BCUT2D eigenvalue weighted by molar-refractivity contribution is 5.40. The maximum Gasteiger partial charge on any atom is 0.195 e. The van der Waals surface area contributed by atoms with Crippen molar-refractivity contribution in [2.75, 3.05) is 6.61 Å². The molecule has 2 aromatic carbocycles. The van der Waals surface area contributed by atoms with Crippen LogP contribution in [0.15, 0.2) is 42.5 Å². The Bertz CT molecular complexity index is 792. The molecule has 1 N–H and O–H groups in total.